The van der Waals surface area contributed by atoms with E-state index in [9.17, 15) is 18.0 Å². The maximum Gasteiger partial charge on any atom is 0.573 e. The molecule has 2 N–H and O–H groups in total. The molecule has 0 saturated heterocycles. The number of hydrogen-bond acceptors (Lipinski definition) is 5. The summed E-state index contributed by atoms with van der Waals surface area (Å²) in [5, 5.41) is 11.3. The van der Waals surface area contributed by atoms with Gasteiger partial charge in [-0.2, -0.15) is 0 Å². The molecule has 0 aliphatic rings. The van der Waals surface area contributed by atoms with Crippen LogP contribution in [0.5, 0.6) is 5.75 Å². The summed E-state index contributed by atoms with van der Waals surface area (Å²) in [5.41, 5.74) is -0.360. The van der Waals surface area contributed by atoms with Crippen molar-refractivity contribution >= 4 is 17.5 Å². The van der Waals surface area contributed by atoms with E-state index >= 15 is 0 Å². The van der Waals surface area contributed by atoms with Gasteiger partial charge in [-0.15, -0.1) is 13.2 Å². The number of rotatable bonds is 4. The summed E-state index contributed by atoms with van der Waals surface area (Å²) in [6.45, 7) is 0. The maximum atomic E-state index is 12.3. The molecule has 6 nitrogen and oxygen atoms in total. The molecule has 2 aromatic rings. The van der Waals surface area contributed by atoms with Gasteiger partial charge in [-0.3, -0.25) is 4.98 Å². The van der Waals surface area contributed by atoms with E-state index in [0.29, 0.717) is 0 Å². The largest absolute Gasteiger partial charge is 0.573 e. The monoisotopic (exact) mass is 299 g/mol. The van der Waals surface area contributed by atoms with Crippen LogP contribution in [0.15, 0.2) is 36.7 Å². The number of aromatic nitrogens is 2. The molecule has 1 aromatic carbocycles. The first-order valence-corrected chi connectivity index (χ1v) is 5.52. The number of nitrogens with one attached hydrogen (secondary N) is 1. The number of carboxylic acids is 1. The maximum absolute atomic E-state index is 12.3. The van der Waals surface area contributed by atoms with Crippen molar-refractivity contribution in [3.05, 3.63) is 42.4 Å². The second-order valence-electron chi connectivity index (χ2n) is 3.76. The molecule has 9 heteroatoms. The van der Waals surface area contributed by atoms with E-state index in [-0.39, 0.29) is 17.2 Å². The molecule has 0 atom stereocenters. The van der Waals surface area contributed by atoms with Crippen LogP contribution in [0.3, 0.4) is 0 Å². The SMILES string of the molecule is O=C(O)c1cncc(Nc2ccccc2OC(F)(F)F)n1. The molecule has 0 amide bonds. The van der Waals surface area contributed by atoms with E-state index in [1.165, 1.54) is 24.4 Å². The van der Waals surface area contributed by atoms with Gasteiger partial charge in [-0.05, 0) is 12.1 Å². The van der Waals surface area contributed by atoms with Crippen LogP contribution in [-0.2, 0) is 0 Å². The summed E-state index contributed by atoms with van der Waals surface area (Å²) in [6.07, 6.45) is -2.64. The van der Waals surface area contributed by atoms with Gasteiger partial charge in [0.05, 0.1) is 18.1 Å². The van der Waals surface area contributed by atoms with Crippen LogP contribution in [0, 0.1) is 0 Å². The highest BCUT2D eigenvalue weighted by Gasteiger charge is 2.32. The third kappa shape index (κ3) is 4.06. The number of nitrogens with zero attached hydrogens (tertiary/aromatic N) is 2. The first-order chi connectivity index (χ1) is 9.85. The van der Waals surface area contributed by atoms with E-state index in [1.807, 2.05) is 0 Å². The van der Waals surface area contributed by atoms with E-state index < -0.39 is 18.1 Å². The predicted molar refractivity (Wildman–Crippen MR) is 65.4 cm³/mol. The number of alkyl halides is 3. The van der Waals surface area contributed by atoms with E-state index in [2.05, 4.69) is 20.0 Å². The number of carboxylic acid groups (broad SMARTS) is 1. The molecule has 0 spiro atoms. The number of aromatic carboxylic acids is 1. The van der Waals surface area contributed by atoms with Crippen LogP contribution in [0.1, 0.15) is 10.5 Å². The highest BCUT2D eigenvalue weighted by atomic mass is 19.4. The fraction of sp³-hybridized carbons (Fsp3) is 0.0833. The van der Waals surface area contributed by atoms with Crippen molar-refractivity contribution in [2.24, 2.45) is 0 Å². The number of anilines is 2. The summed E-state index contributed by atoms with van der Waals surface area (Å²) < 4.78 is 40.7. The molecule has 110 valence electrons. The van der Waals surface area contributed by atoms with Crippen molar-refractivity contribution in [1.82, 2.24) is 9.97 Å². The quantitative estimate of drug-likeness (QED) is 0.903. The fourth-order valence-corrected chi connectivity index (χ4v) is 1.45. The fourth-order valence-electron chi connectivity index (χ4n) is 1.45. The lowest BCUT2D eigenvalue weighted by Gasteiger charge is -2.14. The van der Waals surface area contributed by atoms with Gasteiger partial charge in [0.2, 0.25) is 0 Å². The van der Waals surface area contributed by atoms with Crippen LogP contribution in [0.4, 0.5) is 24.7 Å². The lowest BCUT2D eigenvalue weighted by molar-refractivity contribution is -0.274. The Kier molecular flexibility index (Phi) is 3.92. The van der Waals surface area contributed by atoms with Crippen molar-refractivity contribution in [2.75, 3.05) is 5.32 Å². The number of ether oxygens (including phenoxy) is 1. The summed E-state index contributed by atoms with van der Waals surface area (Å²) in [7, 11) is 0. The van der Waals surface area contributed by atoms with Crippen molar-refractivity contribution in [3.63, 3.8) is 0 Å². The molecule has 0 unspecified atom stereocenters. The van der Waals surface area contributed by atoms with Crippen LogP contribution >= 0.6 is 0 Å². The minimum Gasteiger partial charge on any atom is -0.476 e. The summed E-state index contributed by atoms with van der Waals surface area (Å²) in [5.74, 6) is -1.79. The second-order valence-corrected chi connectivity index (χ2v) is 3.76. The molecule has 1 heterocycles. The van der Waals surface area contributed by atoms with Crippen molar-refractivity contribution in [2.45, 2.75) is 6.36 Å². The van der Waals surface area contributed by atoms with Crippen LogP contribution in [0.2, 0.25) is 0 Å². The van der Waals surface area contributed by atoms with Gasteiger partial charge in [0, 0.05) is 0 Å². The van der Waals surface area contributed by atoms with Crippen molar-refractivity contribution < 1.29 is 27.8 Å². The molecule has 21 heavy (non-hydrogen) atoms. The Balaban J connectivity index is 2.27. The Morgan fingerprint density at radius 3 is 2.62 bits per heavy atom. The topological polar surface area (TPSA) is 84.3 Å². The van der Waals surface area contributed by atoms with Gasteiger partial charge in [0.1, 0.15) is 5.82 Å². The van der Waals surface area contributed by atoms with E-state index in [0.717, 1.165) is 12.3 Å². The lowest BCUT2D eigenvalue weighted by Crippen LogP contribution is -2.18. The third-order valence-electron chi connectivity index (χ3n) is 2.23. The van der Waals surface area contributed by atoms with Gasteiger partial charge < -0.3 is 15.2 Å². The first-order valence-electron chi connectivity index (χ1n) is 5.52. The highest BCUT2D eigenvalue weighted by Crippen LogP contribution is 2.31. The van der Waals surface area contributed by atoms with Crippen LogP contribution in [0.25, 0.3) is 0 Å². The molecule has 0 saturated carbocycles. The standard InChI is InChI=1S/C12H8F3N3O3/c13-12(14,15)21-9-4-2-1-3-7(9)17-10-6-16-5-8(18-10)11(19)20/h1-6H,(H,17,18)(H,19,20). The summed E-state index contributed by atoms with van der Waals surface area (Å²) >= 11 is 0. The number of halogens is 3. The van der Waals surface area contributed by atoms with Gasteiger partial charge >= 0.3 is 12.3 Å². The van der Waals surface area contributed by atoms with Gasteiger partial charge in [-0.25, -0.2) is 9.78 Å². The van der Waals surface area contributed by atoms with Gasteiger partial charge in [0.25, 0.3) is 0 Å². The summed E-state index contributed by atoms with van der Waals surface area (Å²) in [4.78, 5) is 18.1. The molecule has 0 radical (unpaired) electrons. The highest BCUT2D eigenvalue weighted by molar-refractivity contribution is 5.85. The van der Waals surface area contributed by atoms with E-state index in [4.69, 9.17) is 5.11 Å². The van der Waals surface area contributed by atoms with Crippen LogP contribution in [-0.4, -0.2) is 27.4 Å². The van der Waals surface area contributed by atoms with Gasteiger partial charge in [-0.1, -0.05) is 12.1 Å². The van der Waals surface area contributed by atoms with Crippen molar-refractivity contribution in [1.29, 1.82) is 0 Å². The summed E-state index contributed by atoms with van der Waals surface area (Å²) in [6, 6.07) is 5.30. The zero-order valence-electron chi connectivity index (χ0n) is 10.3. The lowest BCUT2D eigenvalue weighted by atomic mass is 10.3. The molecule has 0 aliphatic heterocycles. The Hall–Kier alpha value is -2.84. The zero-order valence-corrected chi connectivity index (χ0v) is 10.3. The first kappa shape index (κ1) is 14.6. The number of benzene rings is 1. The number of para-hydroxylation sites is 2. The Bertz CT molecular complexity index is 661. The molecule has 0 aliphatic carbocycles. The van der Waals surface area contributed by atoms with Crippen molar-refractivity contribution in [3.8, 4) is 5.75 Å². The Morgan fingerprint density at radius 1 is 1.24 bits per heavy atom. The predicted octanol–water partition coefficient (Wildman–Crippen LogP) is 2.82. The Labute approximate surface area is 116 Å². The number of carbonyl (C=O) groups is 1. The number of hydrogen-bond donors (Lipinski definition) is 2. The molecular formula is C12H8F3N3O3. The minimum atomic E-state index is -4.84. The average Bonchev–Trinajstić information content (AvgIpc) is 2.40. The van der Waals surface area contributed by atoms with E-state index in [1.54, 1.807) is 0 Å². The smallest absolute Gasteiger partial charge is 0.476 e. The van der Waals surface area contributed by atoms with Crippen LogP contribution < -0.4 is 10.1 Å². The normalized spacial score (nSPS) is 11.0. The molecule has 2 rings (SSSR count). The molecule has 1 aromatic heterocycles. The average molecular weight is 299 g/mol. The molecular weight excluding hydrogens is 291 g/mol. The Morgan fingerprint density at radius 2 is 1.95 bits per heavy atom. The third-order valence-corrected chi connectivity index (χ3v) is 2.23. The molecule has 0 bridgehead atoms. The molecule has 0 fully saturated rings. The zero-order chi connectivity index (χ0) is 15.5. The van der Waals surface area contributed by atoms with Gasteiger partial charge in [0.15, 0.2) is 11.4 Å². The second kappa shape index (κ2) is 5.65. The minimum absolute atomic E-state index is 0.0203.